The SMILES string of the molecule is COc1coc(CN([N+]#N)c2ccccc2F)cc1=O. The second-order valence-corrected chi connectivity index (χ2v) is 3.88. The topological polar surface area (TPSA) is 70.8 Å². The molecule has 0 unspecified atom stereocenters. The van der Waals surface area contributed by atoms with Gasteiger partial charge in [0.25, 0.3) is 5.39 Å². The van der Waals surface area contributed by atoms with E-state index < -0.39 is 5.82 Å². The molecule has 0 aliphatic rings. The first-order valence-corrected chi connectivity index (χ1v) is 5.68. The normalized spacial score (nSPS) is 9.85. The summed E-state index contributed by atoms with van der Waals surface area (Å²) in [6.45, 7) is -0.101. The smallest absolute Gasteiger partial charge is 0.311 e. The van der Waals surface area contributed by atoms with Gasteiger partial charge < -0.3 is 9.15 Å². The third-order valence-electron chi connectivity index (χ3n) is 2.62. The van der Waals surface area contributed by atoms with Crippen LogP contribution in [0.25, 0.3) is 5.08 Å². The van der Waals surface area contributed by atoms with E-state index in [-0.39, 0.29) is 29.2 Å². The summed E-state index contributed by atoms with van der Waals surface area (Å²) in [7, 11) is 1.35. The monoisotopic (exact) mass is 276 g/mol. The van der Waals surface area contributed by atoms with Crippen LogP contribution in [0.5, 0.6) is 5.75 Å². The first-order chi connectivity index (χ1) is 9.65. The van der Waals surface area contributed by atoms with E-state index in [0.29, 0.717) is 0 Å². The first kappa shape index (κ1) is 13.5. The van der Waals surface area contributed by atoms with Gasteiger partial charge in [0.2, 0.25) is 11.2 Å². The molecule has 0 bridgehead atoms. The minimum atomic E-state index is -0.554. The van der Waals surface area contributed by atoms with Crippen LogP contribution in [-0.4, -0.2) is 7.11 Å². The summed E-state index contributed by atoms with van der Waals surface area (Å²) in [6.07, 6.45) is 1.15. The third-order valence-corrected chi connectivity index (χ3v) is 2.62. The number of ether oxygens (including phenoxy) is 1. The lowest BCUT2D eigenvalue weighted by atomic mass is 10.3. The number of para-hydroxylation sites is 1. The molecular weight excluding hydrogens is 265 g/mol. The molecular formula is C13H11FN3O3+. The van der Waals surface area contributed by atoms with E-state index in [2.05, 4.69) is 5.08 Å². The van der Waals surface area contributed by atoms with Crippen LogP contribution in [0.3, 0.4) is 0 Å². The van der Waals surface area contributed by atoms with Crippen LogP contribution >= 0.6 is 0 Å². The molecule has 0 radical (unpaired) electrons. The summed E-state index contributed by atoms with van der Waals surface area (Å²) >= 11 is 0. The minimum absolute atomic E-state index is 0.0622. The fraction of sp³-hybridized carbons (Fsp3) is 0.154. The van der Waals surface area contributed by atoms with Crippen molar-refractivity contribution in [1.82, 2.24) is 0 Å². The number of halogens is 1. The second kappa shape index (κ2) is 5.84. The van der Waals surface area contributed by atoms with Crippen molar-refractivity contribution in [2.45, 2.75) is 6.54 Å². The summed E-state index contributed by atoms with van der Waals surface area (Å²) in [6, 6.07) is 6.98. The highest BCUT2D eigenvalue weighted by Crippen LogP contribution is 2.21. The van der Waals surface area contributed by atoms with Gasteiger partial charge in [0, 0.05) is 11.1 Å². The zero-order valence-electron chi connectivity index (χ0n) is 10.6. The molecule has 20 heavy (non-hydrogen) atoms. The van der Waals surface area contributed by atoms with E-state index in [1.807, 2.05) is 0 Å². The molecule has 0 saturated heterocycles. The van der Waals surface area contributed by atoms with Gasteiger partial charge in [-0.2, -0.15) is 0 Å². The Morgan fingerprint density at radius 1 is 1.45 bits per heavy atom. The lowest BCUT2D eigenvalue weighted by molar-refractivity contribution is 0.378. The molecule has 6 nitrogen and oxygen atoms in total. The molecule has 0 aliphatic heterocycles. The molecule has 0 saturated carbocycles. The van der Waals surface area contributed by atoms with Gasteiger partial charge >= 0.3 is 5.08 Å². The van der Waals surface area contributed by atoms with E-state index >= 15 is 0 Å². The van der Waals surface area contributed by atoms with Crippen molar-refractivity contribution < 1.29 is 13.5 Å². The number of hydrogen-bond acceptors (Lipinski definition) is 5. The van der Waals surface area contributed by atoms with Crippen LogP contribution in [0.1, 0.15) is 5.76 Å². The lowest BCUT2D eigenvalue weighted by Crippen LogP contribution is -2.16. The minimum Gasteiger partial charge on any atom is -0.490 e. The number of benzene rings is 1. The predicted molar refractivity (Wildman–Crippen MR) is 69.2 cm³/mol. The summed E-state index contributed by atoms with van der Waals surface area (Å²) < 4.78 is 23.5. The maximum atomic E-state index is 13.6. The quantitative estimate of drug-likeness (QED) is 0.634. The highest BCUT2D eigenvalue weighted by molar-refractivity contribution is 5.48. The largest absolute Gasteiger partial charge is 0.490 e. The molecule has 1 aromatic heterocycles. The summed E-state index contributed by atoms with van der Waals surface area (Å²) in [5, 5.41) is 12.9. The van der Waals surface area contributed by atoms with Crippen molar-refractivity contribution in [3.8, 4) is 5.75 Å². The van der Waals surface area contributed by atoms with E-state index in [1.54, 1.807) is 6.07 Å². The lowest BCUT2D eigenvalue weighted by Gasteiger charge is -2.05. The van der Waals surface area contributed by atoms with Gasteiger partial charge in [-0.1, -0.05) is 12.1 Å². The molecule has 0 N–H and O–H groups in total. The van der Waals surface area contributed by atoms with Crippen molar-refractivity contribution in [3.63, 3.8) is 0 Å². The van der Waals surface area contributed by atoms with Gasteiger partial charge in [-0.25, -0.2) is 4.39 Å². The van der Waals surface area contributed by atoms with Gasteiger partial charge in [-0.3, -0.25) is 4.79 Å². The summed E-state index contributed by atoms with van der Waals surface area (Å²) in [4.78, 5) is 11.6. The standard InChI is InChI=1S/C13H11FN3O3/c1-19-13-8-20-9(6-12(13)18)7-17(16-15)11-5-3-2-4-10(11)14/h2-6,8H,7H2,1H3/q+1. The summed E-state index contributed by atoms with van der Waals surface area (Å²) in [5.74, 6) is -0.287. The molecule has 7 heteroatoms. The van der Waals surface area contributed by atoms with Crippen molar-refractivity contribution in [2.75, 3.05) is 12.1 Å². The summed E-state index contributed by atoms with van der Waals surface area (Å²) in [5.41, 5.74) is -0.311. The number of diazo groups is 1. The highest BCUT2D eigenvalue weighted by Gasteiger charge is 2.22. The van der Waals surface area contributed by atoms with Crippen molar-refractivity contribution in [1.29, 1.82) is 5.39 Å². The molecule has 2 aromatic rings. The first-order valence-electron chi connectivity index (χ1n) is 5.68. The number of methoxy groups -OCH3 is 1. The van der Waals surface area contributed by atoms with Crippen LogP contribution in [0.15, 0.2) is 45.8 Å². The molecule has 0 aliphatic carbocycles. The average molecular weight is 276 g/mol. The Balaban J connectivity index is 2.28. The third kappa shape index (κ3) is 2.75. The molecule has 2 rings (SSSR count). The zero-order valence-corrected chi connectivity index (χ0v) is 10.6. The number of nitrogens with zero attached hydrogens (tertiary/aromatic N) is 3. The molecule has 0 fully saturated rings. The van der Waals surface area contributed by atoms with E-state index in [4.69, 9.17) is 14.5 Å². The molecule has 0 amide bonds. The Labute approximate surface area is 113 Å². The van der Waals surface area contributed by atoms with Gasteiger partial charge in [0.15, 0.2) is 18.0 Å². The van der Waals surface area contributed by atoms with Crippen molar-refractivity contribution in [2.24, 2.45) is 0 Å². The van der Waals surface area contributed by atoms with E-state index in [1.165, 1.54) is 31.4 Å². The predicted octanol–water partition coefficient (Wildman–Crippen LogP) is 2.56. The average Bonchev–Trinajstić information content (AvgIpc) is 2.46. The van der Waals surface area contributed by atoms with Crippen LogP contribution in [0.2, 0.25) is 0 Å². The van der Waals surface area contributed by atoms with E-state index in [9.17, 15) is 9.18 Å². The Morgan fingerprint density at radius 2 is 2.20 bits per heavy atom. The number of hydrogen-bond donors (Lipinski definition) is 0. The zero-order chi connectivity index (χ0) is 14.5. The van der Waals surface area contributed by atoms with Crippen LogP contribution < -0.4 is 15.2 Å². The number of rotatable bonds is 4. The van der Waals surface area contributed by atoms with Crippen LogP contribution in [0.4, 0.5) is 10.1 Å². The van der Waals surface area contributed by atoms with E-state index in [0.717, 1.165) is 11.3 Å². The molecule has 102 valence electrons. The van der Waals surface area contributed by atoms with Gasteiger partial charge in [0.1, 0.15) is 12.0 Å². The highest BCUT2D eigenvalue weighted by atomic mass is 19.1. The maximum Gasteiger partial charge on any atom is 0.311 e. The Hall–Kier alpha value is -2.88. The van der Waals surface area contributed by atoms with Crippen LogP contribution in [0, 0.1) is 11.2 Å². The Kier molecular flexibility index (Phi) is 3.96. The van der Waals surface area contributed by atoms with Crippen molar-refractivity contribution in [3.05, 3.63) is 63.5 Å². The van der Waals surface area contributed by atoms with Gasteiger partial charge in [-0.15, -0.1) is 0 Å². The maximum absolute atomic E-state index is 13.6. The second-order valence-electron chi connectivity index (χ2n) is 3.88. The fourth-order valence-corrected chi connectivity index (χ4v) is 1.64. The Morgan fingerprint density at radius 3 is 2.80 bits per heavy atom. The number of anilines is 1. The Bertz CT molecular complexity index is 708. The van der Waals surface area contributed by atoms with Crippen molar-refractivity contribution >= 4 is 5.69 Å². The molecule has 0 atom stereocenters. The fourth-order valence-electron chi connectivity index (χ4n) is 1.64. The molecule has 1 aromatic carbocycles. The molecule has 0 spiro atoms. The molecule has 1 heterocycles. The van der Waals surface area contributed by atoms with Gasteiger partial charge in [-0.05, 0) is 12.1 Å². The van der Waals surface area contributed by atoms with Crippen LogP contribution in [-0.2, 0) is 6.54 Å². The van der Waals surface area contributed by atoms with Gasteiger partial charge in [0.05, 0.1) is 7.11 Å².